The Labute approximate surface area is 164 Å². The molecule has 1 saturated heterocycles. The number of amides is 2. The summed E-state index contributed by atoms with van der Waals surface area (Å²) in [6, 6.07) is 5.53. The minimum absolute atomic E-state index is 0.0310. The molecule has 2 unspecified atom stereocenters. The molecule has 0 radical (unpaired) electrons. The van der Waals surface area contributed by atoms with Gasteiger partial charge in [-0.05, 0) is 37.3 Å². The molecule has 2 amide bonds. The fourth-order valence-corrected chi connectivity index (χ4v) is 4.07. The van der Waals surface area contributed by atoms with Crippen molar-refractivity contribution in [2.45, 2.75) is 50.1 Å². The third-order valence-electron chi connectivity index (χ3n) is 4.30. The maximum atomic E-state index is 12.7. The van der Waals surface area contributed by atoms with E-state index in [0.717, 1.165) is 0 Å². The average molecular weight is 411 g/mol. The van der Waals surface area contributed by atoms with E-state index in [1.54, 1.807) is 32.0 Å². The van der Waals surface area contributed by atoms with Gasteiger partial charge < -0.3 is 5.32 Å². The lowest BCUT2D eigenvalue weighted by Gasteiger charge is -2.24. The van der Waals surface area contributed by atoms with Crippen molar-refractivity contribution in [3.05, 3.63) is 30.3 Å². The predicted molar refractivity (Wildman–Crippen MR) is 100 cm³/mol. The molecule has 1 fully saturated rings. The first-order chi connectivity index (χ1) is 13.2. The second kappa shape index (κ2) is 9.76. The van der Waals surface area contributed by atoms with Gasteiger partial charge in [0.15, 0.2) is 0 Å². The van der Waals surface area contributed by atoms with E-state index < -0.39 is 39.7 Å². The highest BCUT2D eigenvalue weighted by molar-refractivity contribution is 7.89. The molecule has 9 nitrogen and oxygen atoms in total. The molecule has 2 rings (SSSR count). The summed E-state index contributed by atoms with van der Waals surface area (Å²) in [5, 5.41) is 2.52. The highest BCUT2D eigenvalue weighted by atomic mass is 32.2. The first kappa shape index (κ1) is 22.0. The number of Topliss-reactive ketones (excluding diaryl/α,β-unsaturated/α-hetero) is 1. The number of rotatable bonds is 6. The van der Waals surface area contributed by atoms with Gasteiger partial charge in [-0.15, -0.1) is 0 Å². The van der Waals surface area contributed by atoms with Crippen molar-refractivity contribution in [3.63, 3.8) is 0 Å². The van der Waals surface area contributed by atoms with Gasteiger partial charge in [-0.1, -0.05) is 32.0 Å². The highest BCUT2D eigenvalue weighted by Crippen LogP contribution is 2.13. The zero-order valence-electron chi connectivity index (χ0n) is 15.8. The molecule has 0 aliphatic carbocycles. The van der Waals surface area contributed by atoms with Crippen molar-refractivity contribution in [1.82, 2.24) is 15.5 Å². The lowest BCUT2D eigenvalue weighted by Crippen LogP contribution is -2.55. The number of hydrogen-bond donors (Lipinski definition) is 3. The lowest BCUT2D eigenvalue weighted by atomic mass is 10.0. The number of carbonyl (C=O) groups is 3. The SMILES string of the molecule is CC(C)C(NS(=O)(=O)c1ccccc1)C(=O)NC1CCCCONC(=O)C1=O. The second-order valence-corrected chi connectivity index (χ2v) is 8.57. The van der Waals surface area contributed by atoms with Gasteiger partial charge in [0.05, 0.1) is 17.5 Å². The second-order valence-electron chi connectivity index (χ2n) is 6.86. The van der Waals surface area contributed by atoms with Gasteiger partial charge in [-0.25, -0.2) is 13.9 Å². The molecular weight excluding hydrogens is 386 g/mol. The van der Waals surface area contributed by atoms with Crippen LogP contribution < -0.4 is 15.5 Å². The fourth-order valence-electron chi connectivity index (χ4n) is 2.71. The molecule has 3 N–H and O–H groups in total. The van der Waals surface area contributed by atoms with E-state index in [9.17, 15) is 22.8 Å². The normalized spacial score (nSPS) is 19.9. The molecular formula is C18H25N3O6S. The monoisotopic (exact) mass is 411 g/mol. The van der Waals surface area contributed by atoms with Gasteiger partial charge in [0, 0.05) is 0 Å². The molecule has 1 aliphatic rings. The van der Waals surface area contributed by atoms with Crippen molar-refractivity contribution >= 4 is 27.6 Å². The summed E-state index contributed by atoms with van der Waals surface area (Å²) in [6.45, 7) is 3.64. The van der Waals surface area contributed by atoms with Crippen LogP contribution in [0.2, 0.25) is 0 Å². The molecule has 0 spiro atoms. The maximum absolute atomic E-state index is 12.7. The molecule has 2 atom stereocenters. The van der Waals surface area contributed by atoms with Crippen molar-refractivity contribution in [2.75, 3.05) is 6.61 Å². The van der Waals surface area contributed by atoms with Gasteiger partial charge in [0.1, 0.15) is 6.04 Å². The molecule has 1 heterocycles. The molecule has 154 valence electrons. The summed E-state index contributed by atoms with van der Waals surface area (Å²) in [4.78, 5) is 41.7. The van der Waals surface area contributed by atoms with Crippen LogP contribution in [0.3, 0.4) is 0 Å². The summed E-state index contributed by atoms with van der Waals surface area (Å²) in [5.41, 5.74) is 2.04. The van der Waals surface area contributed by atoms with Crippen LogP contribution >= 0.6 is 0 Å². The van der Waals surface area contributed by atoms with E-state index >= 15 is 0 Å². The summed E-state index contributed by atoms with van der Waals surface area (Å²) >= 11 is 0. The van der Waals surface area contributed by atoms with Crippen LogP contribution in [-0.4, -0.2) is 44.7 Å². The number of nitrogens with one attached hydrogen (secondary N) is 3. The molecule has 0 bridgehead atoms. The summed E-state index contributed by atoms with van der Waals surface area (Å²) in [7, 11) is -3.93. The molecule has 0 saturated carbocycles. The zero-order chi connectivity index (χ0) is 20.7. The van der Waals surface area contributed by atoms with Crippen LogP contribution in [0.4, 0.5) is 0 Å². The Morgan fingerprint density at radius 1 is 1.18 bits per heavy atom. The third-order valence-corrected chi connectivity index (χ3v) is 5.75. The molecule has 28 heavy (non-hydrogen) atoms. The van der Waals surface area contributed by atoms with Crippen LogP contribution in [0, 0.1) is 5.92 Å². The highest BCUT2D eigenvalue weighted by Gasteiger charge is 2.33. The molecule has 1 aliphatic heterocycles. The van der Waals surface area contributed by atoms with Gasteiger partial charge in [-0.3, -0.25) is 19.2 Å². The third kappa shape index (κ3) is 5.85. The molecule has 0 aromatic heterocycles. The van der Waals surface area contributed by atoms with E-state index in [1.807, 2.05) is 5.48 Å². The van der Waals surface area contributed by atoms with E-state index in [4.69, 9.17) is 4.84 Å². The first-order valence-corrected chi connectivity index (χ1v) is 10.5. The Bertz CT molecular complexity index is 810. The fraction of sp³-hybridized carbons (Fsp3) is 0.500. The Morgan fingerprint density at radius 2 is 1.86 bits per heavy atom. The smallest absolute Gasteiger partial charge is 0.313 e. The largest absolute Gasteiger partial charge is 0.344 e. The van der Waals surface area contributed by atoms with Crippen molar-refractivity contribution in [1.29, 1.82) is 0 Å². The van der Waals surface area contributed by atoms with Gasteiger partial charge >= 0.3 is 5.91 Å². The molecule has 1 aromatic carbocycles. The van der Waals surface area contributed by atoms with E-state index in [2.05, 4.69) is 10.0 Å². The number of benzene rings is 1. The maximum Gasteiger partial charge on any atom is 0.313 e. The minimum Gasteiger partial charge on any atom is -0.344 e. The zero-order valence-corrected chi connectivity index (χ0v) is 16.6. The summed E-state index contributed by atoms with van der Waals surface area (Å²) in [5.74, 6) is -2.83. The van der Waals surface area contributed by atoms with Crippen LogP contribution in [0.15, 0.2) is 35.2 Å². The number of ketones is 1. The average Bonchev–Trinajstić information content (AvgIpc) is 2.73. The Hall–Kier alpha value is -2.30. The quantitative estimate of drug-likeness (QED) is 0.576. The first-order valence-electron chi connectivity index (χ1n) is 9.06. The van der Waals surface area contributed by atoms with E-state index in [0.29, 0.717) is 12.8 Å². The molecule has 1 aromatic rings. The molecule has 10 heteroatoms. The van der Waals surface area contributed by atoms with Crippen molar-refractivity contribution in [2.24, 2.45) is 5.92 Å². The van der Waals surface area contributed by atoms with Crippen molar-refractivity contribution in [3.8, 4) is 0 Å². The van der Waals surface area contributed by atoms with Gasteiger partial charge in [-0.2, -0.15) is 4.72 Å². The Balaban J connectivity index is 2.15. The van der Waals surface area contributed by atoms with Gasteiger partial charge in [0.2, 0.25) is 21.7 Å². The van der Waals surface area contributed by atoms with Gasteiger partial charge in [0.25, 0.3) is 0 Å². The number of carbonyl (C=O) groups excluding carboxylic acids is 3. The van der Waals surface area contributed by atoms with Crippen LogP contribution in [0.25, 0.3) is 0 Å². The summed E-state index contributed by atoms with van der Waals surface area (Å²) in [6.07, 6.45) is 1.43. The Morgan fingerprint density at radius 3 is 2.50 bits per heavy atom. The number of hydrogen-bond acceptors (Lipinski definition) is 6. The number of hydroxylamine groups is 1. The van der Waals surface area contributed by atoms with Crippen LogP contribution in [0.1, 0.15) is 33.1 Å². The van der Waals surface area contributed by atoms with E-state index in [1.165, 1.54) is 12.1 Å². The lowest BCUT2D eigenvalue weighted by molar-refractivity contribution is -0.147. The van der Waals surface area contributed by atoms with Crippen molar-refractivity contribution < 1.29 is 27.6 Å². The predicted octanol–water partition coefficient (Wildman–Crippen LogP) is 0.275. The Kier molecular flexibility index (Phi) is 7.67. The van der Waals surface area contributed by atoms with Crippen LogP contribution in [0.5, 0.6) is 0 Å². The number of sulfonamides is 1. The van der Waals surface area contributed by atoms with Crippen LogP contribution in [-0.2, 0) is 29.2 Å². The standard InChI is InChI=1S/C18H25N3O6S/c1-12(2)15(21-28(25,26)13-8-4-3-5-9-13)17(23)19-14-10-6-7-11-27-20-18(24)16(14)22/h3-5,8-9,12,14-15,21H,6-7,10-11H2,1-2H3,(H,19,23)(H,20,24). The van der Waals surface area contributed by atoms with E-state index in [-0.39, 0.29) is 23.8 Å². The minimum atomic E-state index is -3.93. The summed E-state index contributed by atoms with van der Waals surface area (Å²) < 4.78 is 27.5. The topological polar surface area (TPSA) is 131 Å².